The predicted octanol–water partition coefficient (Wildman–Crippen LogP) is 2.40. The molecule has 37 heavy (non-hydrogen) atoms. The molecule has 1 atom stereocenters. The first-order valence-corrected chi connectivity index (χ1v) is 13.3. The number of rotatable bonds is 6. The fourth-order valence-corrected chi connectivity index (χ4v) is 5.56. The lowest BCUT2D eigenvalue weighted by Gasteiger charge is -2.30. The van der Waals surface area contributed by atoms with Crippen molar-refractivity contribution in [3.05, 3.63) is 63.9 Å². The molecule has 2 N–H and O–H groups in total. The number of aryl methyl sites for hydroxylation is 1. The zero-order valence-electron chi connectivity index (χ0n) is 21.5. The molecule has 0 radical (unpaired) electrons. The number of nitrogens with zero attached hydrogens (tertiary/aromatic N) is 3. The lowest BCUT2D eigenvalue weighted by molar-refractivity contribution is -0.129. The molecular formula is C26H31N5O5S. The number of carbonyl (C=O) groups is 2. The Bertz CT molecular complexity index is 1540. The number of aromatic nitrogens is 1. The fourth-order valence-electron chi connectivity index (χ4n) is 4.63. The van der Waals surface area contributed by atoms with Gasteiger partial charge in [0.05, 0.1) is 16.1 Å². The molecule has 2 heterocycles. The lowest BCUT2D eigenvalue weighted by atomic mass is 10.1. The summed E-state index contributed by atoms with van der Waals surface area (Å²) in [6, 6.07) is 10.6. The SMILES string of the molecule is Cc1cc(=O)[nH]c2ccc(NC(=O)c3cc(S(=O)(=O)N(C)C)ccc3N3CCCC3C(=O)N(C)C)cc12. The van der Waals surface area contributed by atoms with E-state index in [0.29, 0.717) is 29.9 Å². The average Bonchev–Trinajstić information content (AvgIpc) is 3.33. The molecule has 3 aromatic rings. The first kappa shape index (κ1) is 26.4. The van der Waals surface area contributed by atoms with E-state index in [1.165, 1.54) is 37.2 Å². The summed E-state index contributed by atoms with van der Waals surface area (Å²) < 4.78 is 26.8. The van der Waals surface area contributed by atoms with Gasteiger partial charge in [-0.25, -0.2) is 12.7 Å². The van der Waals surface area contributed by atoms with Gasteiger partial charge in [0.15, 0.2) is 0 Å². The number of carbonyl (C=O) groups excluding carboxylic acids is 2. The molecule has 11 heteroatoms. The Kier molecular flexibility index (Phi) is 7.11. The minimum atomic E-state index is -3.80. The second-order valence-electron chi connectivity index (χ2n) is 9.58. The number of fused-ring (bicyclic) bond motifs is 1. The molecule has 2 aromatic carbocycles. The number of aromatic amines is 1. The molecule has 1 aliphatic rings. The predicted molar refractivity (Wildman–Crippen MR) is 144 cm³/mol. The van der Waals surface area contributed by atoms with Crippen LogP contribution in [0, 0.1) is 6.92 Å². The highest BCUT2D eigenvalue weighted by Gasteiger charge is 2.34. The Labute approximate surface area is 215 Å². The van der Waals surface area contributed by atoms with Gasteiger partial charge in [0.25, 0.3) is 5.91 Å². The molecule has 1 fully saturated rings. The number of likely N-dealkylation sites (N-methyl/N-ethyl adjacent to an activating group) is 1. The van der Waals surface area contributed by atoms with Crippen LogP contribution in [0.2, 0.25) is 0 Å². The van der Waals surface area contributed by atoms with Gasteiger partial charge in [-0.05, 0) is 61.7 Å². The van der Waals surface area contributed by atoms with E-state index in [9.17, 15) is 22.8 Å². The molecule has 1 aromatic heterocycles. The number of anilines is 2. The Morgan fingerprint density at radius 3 is 2.46 bits per heavy atom. The molecule has 196 valence electrons. The van der Waals surface area contributed by atoms with Gasteiger partial charge in [0, 0.05) is 57.4 Å². The maximum atomic E-state index is 13.6. The third-order valence-corrected chi connectivity index (χ3v) is 8.40. The maximum absolute atomic E-state index is 13.6. The summed E-state index contributed by atoms with van der Waals surface area (Å²) >= 11 is 0. The van der Waals surface area contributed by atoms with Crippen molar-refractivity contribution in [2.24, 2.45) is 0 Å². The van der Waals surface area contributed by atoms with Gasteiger partial charge >= 0.3 is 0 Å². The highest BCUT2D eigenvalue weighted by molar-refractivity contribution is 7.89. The van der Waals surface area contributed by atoms with Crippen molar-refractivity contribution >= 4 is 44.1 Å². The highest BCUT2D eigenvalue weighted by Crippen LogP contribution is 2.32. The zero-order valence-corrected chi connectivity index (χ0v) is 22.3. The quantitative estimate of drug-likeness (QED) is 0.510. The molecule has 1 unspecified atom stereocenters. The third-order valence-electron chi connectivity index (χ3n) is 6.59. The van der Waals surface area contributed by atoms with Crippen molar-refractivity contribution in [1.29, 1.82) is 0 Å². The molecule has 10 nitrogen and oxygen atoms in total. The van der Waals surface area contributed by atoms with Crippen LogP contribution in [0.15, 0.2) is 52.2 Å². The van der Waals surface area contributed by atoms with Gasteiger partial charge < -0.3 is 20.1 Å². The maximum Gasteiger partial charge on any atom is 0.257 e. The molecule has 4 rings (SSSR count). The van der Waals surface area contributed by atoms with Crippen molar-refractivity contribution < 1.29 is 18.0 Å². The minimum Gasteiger partial charge on any atom is -0.359 e. The molecular weight excluding hydrogens is 494 g/mol. The molecule has 2 amide bonds. The van der Waals surface area contributed by atoms with Gasteiger partial charge in [-0.15, -0.1) is 0 Å². The van der Waals surface area contributed by atoms with Crippen LogP contribution in [0.25, 0.3) is 10.9 Å². The van der Waals surface area contributed by atoms with Gasteiger partial charge in [0.2, 0.25) is 21.5 Å². The Balaban J connectivity index is 1.78. The highest BCUT2D eigenvalue weighted by atomic mass is 32.2. The largest absolute Gasteiger partial charge is 0.359 e. The van der Waals surface area contributed by atoms with E-state index in [0.717, 1.165) is 21.7 Å². The number of nitrogens with one attached hydrogen (secondary N) is 2. The van der Waals surface area contributed by atoms with Gasteiger partial charge in [0.1, 0.15) is 6.04 Å². The number of pyridine rings is 1. The first-order chi connectivity index (χ1) is 17.4. The number of benzene rings is 2. The molecule has 0 spiro atoms. The smallest absolute Gasteiger partial charge is 0.257 e. The van der Waals surface area contributed by atoms with E-state index in [1.54, 1.807) is 38.4 Å². The van der Waals surface area contributed by atoms with Gasteiger partial charge in [-0.2, -0.15) is 0 Å². The van der Waals surface area contributed by atoms with Crippen molar-refractivity contribution in [1.82, 2.24) is 14.2 Å². The van der Waals surface area contributed by atoms with Crippen molar-refractivity contribution in [2.45, 2.75) is 30.7 Å². The molecule has 1 saturated heterocycles. The summed E-state index contributed by atoms with van der Waals surface area (Å²) in [5.74, 6) is -0.581. The summed E-state index contributed by atoms with van der Waals surface area (Å²) in [4.78, 5) is 44.4. The van der Waals surface area contributed by atoms with Gasteiger partial charge in [-0.3, -0.25) is 14.4 Å². The van der Waals surface area contributed by atoms with E-state index in [4.69, 9.17) is 0 Å². The lowest BCUT2D eigenvalue weighted by Crippen LogP contribution is -2.43. The Morgan fingerprint density at radius 1 is 1.05 bits per heavy atom. The van der Waals surface area contributed by atoms with Crippen molar-refractivity contribution in [3.63, 3.8) is 0 Å². The van der Waals surface area contributed by atoms with Crippen LogP contribution in [0.3, 0.4) is 0 Å². The van der Waals surface area contributed by atoms with Crippen LogP contribution in [0.5, 0.6) is 0 Å². The second-order valence-corrected chi connectivity index (χ2v) is 11.7. The zero-order chi connectivity index (χ0) is 27.1. The Morgan fingerprint density at radius 2 is 1.78 bits per heavy atom. The van der Waals surface area contributed by atoms with Crippen LogP contribution in [0.4, 0.5) is 11.4 Å². The number of H-pyrrole nitrogens is 1. The number of amides is 2. The van der Waals surface area contributed by atoms with E-state index in [-0.39, 0.29) is 21.9 Å². The number of sulfonamides is 1. The van der Waals surface area contributed by atoms with E-state index in [2.05, 4.69) is 10.3 Å². The third kappa shape index (κ3) is 5.09. The molecule has 0 aliphatic carbocycles. The Hall–Kier alpha value is -3.70. The standard InChI is InChI=1S/C26H31N5O5S/c1-16-13-24(32)28-21-10-8-17(14-19(16)21)27-25(33)20-15-18(37(35,36)30(4)5)9-11-22(20)31-12-6-7-23(31)26(34)29(2)3/h8-11,13-15,23H,6-7,12H2,1-5H3,(H,27,33)(H,28,32). The van der Waals surface area contributed by atoms with Crippen molar-refractivity contribution in [2.75, 3.05) is 45.0 Å². The summed E-state index contributed by atoms with van der Waals surface area (Å²) in [7, 11) is 2.43. The summed E-state index contributed by atoms with van der Waals surface area (Å²) in [5.41, 5.74) is 2.33. The molecule has 0 saturated carbocycles. The summed E-state index contributed by atoms with van der Waals surface area (Å²) in [6.07, 6.45) is 1.41. The van der Waals surface area contributed by atoms with Crippen LogP contribution in [-0.4, -0.2) is 75.2 Å². The minimum absolute atomic E-state index is 0.0204. The van der Waals surface area contributed by atoms with Crippen LogP contribution in [-0.2, 0) is 14.8 Å². The second kappa shape index (κ2) is 9.98. The topological polar surface area (TPSA) is 123 Å². The van der Waals surface area contributed by atoms with E-state index >= 15 is 0 Å². The normalized spacial score (nSPS) is 15.8. The van der Waals surface area contributed by atoms with Crippen molar-refractivity contribution in [3.8, 4) is 0 Å². The van der Waals surface area contributed by atoms with Crippen LogP contribution < -0.4 is 15.8 Å². The first-order valence-electron chi connectivity index (χ1n) is 11.9. The molecule has 0 bridgehead atoms. The summed E-state index contributed by atoms with van der Waals surface area (Å²) in [6.45, 7) is 2.37. The fraction of sp³-hybridized carbons (Fsp3) is 0.346. The van der Waals surface area contributed by atoms with Crippen LogP contribution >= 0.6 is 0 Å². The number of hydrogen-bond donors (Lipinski definition) is 2. The monoisotopic (exact) mass is 525 g/mol. The average molecular weight is 526 g/mol. The number of hydrogen-bond acceptors (Lipinski definition) is 6. The van der Waals surface area contributed by atoms with Crippen LogP contribution in [0.1, 0.15) is 28.8 Å². The van der Waals surface area contributed by atoms with Gasteiger partial charge in [-0.1, -0.05) is 0 Å². The summed E-state index contributed by atoms with van der Waals surface area (Å²) in [5, 5.41) is 3.65. The van der Waals surface area contributed by atoms with E-state index < -0.39 is 22.0 Å². The molecule has 1 aliphatic heterocycles. The van der Waals surface area contributed by atoms with E-state index in [1.807, 2.05) is 11.8 Å².